The number of amides is 1. The monoisotopic (exact) mass is 279 g/mol. The second-order valence-corrected chi connectivity index (χ2v) is 5.29. The van der Waals surface area contributed by atoms with Crippen LogP contribution in [0.15, 0.2) is 24.3 Å². The first-order valence-electron chi connectivity index (χ1n) is 6.57. The van der Waals surface area contributed by atoms with Crippen molar-refractivity contribution in [3.63, 3.8) is 0 Å². The molecule has 0 saturated heterocycles. The summed E-state index contributed by atoms with van der Waals surface area (Å²) in [4.78, 5) is 22.4. The third-order valence-corrected chi connectivity index (χ3v) is 2.77. The second kappa shape index (κ2) is 6.93. The fraction of sp³-hybridized carbons (Fsp3) is 0.467. The van der Waals surface area contributed by atoms with Gasteiger partial charge in [-0.3, -0.25) is 9.59 Å². The average molecular weight is 279 g/mol. The van der Waals surface area contributed by atoms with Gasteiger partial charge in [0.2, 0.25) is 0 Å². The number of nitrogens with one attached hydrogen (secondary N) is 1. The van der Waals surface area contributed by atoms with E-state index in [0.717, 1.165) is 6.42 Å². The molecule has 5 heteroatoms. The molecule has 0 aliphatic heterocycles. The molecule has 110 valence electrons. The lowest BCUT2D eigenvalue weighted by Gasteiger charge is -2.24. The Morgan fingerprint density at radius 1 is 1.25 bits per heavy atom. The van der Waals surface area contributed by atoms with Crippen molar-refractivity contribution >= 4 is 11.9 Å². The maximum atomic E-state index is 11.7. The first kappa shape index (κ1) is 16.0. The van der Waals surface area contributed by atoms with Gasteiger partial charge < -0.3 is 15.2 Å². The van der Waals surface area contributed by atoms with E-state index in [2.05, 4.69) is 12.2 Å². The number of hydrogen-bond donors (Lipinski definition) is 2. The van der Waals surface area contributed by atoms with Gasteiger partial charge >= 0.3 is 5.97 Å². The van der Waals surface area contributed by atoms with Gasteiger partial charge in [-0.25, -0.2) is 0 Å². The van der Waals surface area contributed by atoms with Crippen LogP contribution in [0.5, 0.6) is 5.75 Å². The van der Waals surface area contributed by atoms with E-state index < -0.39 is 11.5 Å². The number of carboxylic acid groups (broad SMARTS) is 1. The van der Waals surface area contributed by atoms with E-state index in [-0.39, 0.29) is 18.9 Å². The molecule has 20 heavy (non-hydrogen) atoms. The number of aliphatic carboxylic acids is 1. The zero-order valence-electron chi connectivity index (χ0n) is 12.1. The Balaban J connectivity index is 2.44. The van der Waals surface area contributed by atoms with Crippen LogP contribution in [0.2, 0.25) is 0 Å². The topological polar surface area (TPSA) is 75.6 Å². The number of benzene rings is 1. The van der Waals surface area contributed by atoms with Crippen LogP contribution >= 0.6 is 0 Å². The van der Waals surface area contributed by atoms with E-state index >= 15 is 0 Å². The van der Waals surface area contributed by atoms with Crippen LogP contribution in [0.3, 0.4) is 0 Å². The zero-order chi connectivity index (χ0) is 15.2. The van der Waals surface area contributed by atoms with E-state index in [1.165, 1.54) is 5.56 Å². The molecule has 1 amide bonds. The fourth-order valence-electron chi connectivity index (χ4n) is 1.81. The van der Waals surface area contributed by atoms with Crippen LogP contribution in [0.4, 0.5) is 0 Å². The Kier molecular flexibility index (Phi) is 5.55. The van der Waals surface area contributed by atoms with Crippen molar-refractivity contribution in [3.05, 3.63) is 29.8 Å². The minimum Gasteiger partial charge on any atom is -0.484 e. The Morgan fingerprint density at radius 2 is 1.85 bits per heavy atom. The number of carbonyl (C=O) groups excluding carboxylic acids is 1. The summed E-state index contributed by atoms with van der Waals surface area (Å²) < 4.78 is 5.36. The SMILES string of the molecule is CCc1ccc(OCC(=O)NC(C)(C)CC(=O)O)cc1. The predicted molar refractivity (Wildman–Crippen MR) is 75.8 cm³/mol. The molecule has 0 fully saturated rings. The quantitative estimate of drug-likeness (QED) is 0.800. The molecule has 1 aromatic rings. The lowest BCUT2D eigenvalue weighted by molar-refractivity contribution is -0.138. The number of rotatable bonds is 7. The molecule has 0 bridgehead atoms. The highest BCUT2D eigenvalue weighted by atomic mass is 16.5. The molecule has 2 N–H and O–H groups in total. The summed E-state index contributed by atoms with van der Waals surface area (Å²) in [5.41, 5.74) is 0.405. The lowest BCUT2D eigenvalue weighted by atomic mass is 10.0. The molecule has 0 saturated carbocycles. The number of carbonyl (C=O) groups is 2. The molecule has 0 aliphatic carbocycles. The Bertz CT molecular complexity index is 465. The largest absolute Gasteiger partial charge is 0.484 e. The van der Waals surface area contributed by atoms with Gasteiger partial charge in [0, 0.05) is 5.54 Å². The summed E-state index contributed by atoms with van der Waals surface area (Å²) >= 11 is 0. The summed E-state index contributed by atoms with van der Waals surface area (Å²) in [6, 6.07) is 7.52. The van der Waals surface area contributed by atoms with Crippen LogP contribution in [-0.2, 0) is 16.0 Å². The first-order chi connectivity index (χ1) is 9.32. The molecule has 0 heterocycles. The smallest absolute Gasteiger partial charge is 0.305 e. The third-order valence-electron chi connectivity index (χ3n) is 2.77. The predicted octanol–water partition coefficient (Wildman–Crippen LogP) is 2.00. The van der Waals surface area contributed by atoms with Gasteiger partial charge in [0.05, 0.1) is 6.42 Å². The normalized spacial score (nSPS) is 10.9. The Morgan fingerprint density at radius 3 is 2.35 bits per heavy atom. The molecular formula is C15H21NO4. The summed E-state index contributed by atoms with van der Waals surface area (Å²) in [6.45, 7) is 5.26. The van der Waals surface area contributed by atoms with Crippen LogP contribution < -0.4 is 10.1 Å². The number of aryl methyl sites for hydroxylation is 1. The molecule has 1 rings (SSSR count). The van der Waals surface area contributed by atoms with E-state index in [4.69, 9.17) is 9.84 Å². The van der Waals surface area contributed by atoms with Crippen molar-refractivity contribution in [1.29, 1.82) is 0 Å². The van der Waals surface area contributed by atoms with Crippen molar-refractivity contribution in [2.75, 3.05) is 6.61 Å². The van der Waals surface area contributed by atoms with Crippen molar-refractivity contribution in [2.45, 2.75) is 39.2 Å². The molecule has 0 atom stereocenters. The Labute approximate surface area is 118 Å². The van der Waals surface area contributed by atoms with Crippen molar-refractivity contribution in [1.82, 2.24) is 5.32 Å². The second-order valence-electron chi connectivity index (χ2n) is 5.29. The van der Waals surface area contributed by atoms with Gasteiger partial charge in [-0.15, -0.1) is 0 Å². The zero-order valence-corrected chi connectivity index (χ0v) is 12.1. The maximum Gasteiger partial charge on any atom is 0.305 e. The molecule has 0 unspecified atom stereocenters. The van der Waals surface area contributed by atoms with E-state index in [1.54, 1.807) is 13.8 Å². The molecule has 0 aliphatic rings. The number of ether oxygens (including phenoxy) is 1. The van der Waals surface area contributed by atoms with Gasteiger partial charge in [-0.1, -0.05) is 19.1 Å². The lowest BCUT2D eigenvalue weighted by Crippen LogP contribution is -2.46. The molecule has 1 aromatic carbocycles. The summed E-state index contributed by atoms with van der Waals surface area (Å²) in [5.74, 6) is -0.671. The van der Waals surface area contributed by atoms with Crippen LogP contribution in [0, 0.1) is 0 Å². The molecule has 0 spiro atoms. The maximum absolute atomic E-state index is 11.7. The van der Waals surface area contributed by atoms with Crippen LogP contribution in [0.1, 0.15) is 32.8 Å². The average Bonchev–Trinajstić information content (AvgIpc) is 2.34. The number of carboxylic acids is 1. The summed E-state index contributed by atoms with van der Waals surface area (Å²) in [5, 5.41) is 11.4. The van der Waals surface area contributed by atoms with Gasteiger partial charge in [0.25, 0.3) is 5.91 Å². The summed E-state index contributed by atoms with van der Waals surface area (Å²) in [7, 11) is 0. The van der Waals surface area contributed by atoms with Gasteiger partial charge in [-0.05, 0) is 38.0 Å². The van der Waals surface area contributed by atoms with Crippen molar-refractivity contribution in [2.24, 2.45) is 0 Å². The van der Waals surface area contributed by atoms with E-state index in [1.807, 2.05) is 24.3 Å². The van der Waals surface area contributed by atoms with Crippen molar-refractivity contribution < 1.29 is 19.4 Å². The highest BCUT2D eigenvalue weighted by molar-refractivity contribution is 5.79. The molecular weight excluding hydrogens is 258 g/mol. The minimum atomic E-state index is -0.952. The summed E-state index contributed by atoms with van der Waals surface area (Å²) in [6.07, 6.45) is 0.814. The molecule has 0 radical (unpaired) electrons. The van der Waals surface area contributed by atoms with E-state index in [9.17, 15) is 9.59 Å². The van der Waals surface area contributed by atoms with E-state index in [0.29, 0.717) is 5.75 Å². The highest BCUT2D eigenvalue weighted by Gasteiger charge is 2.23. The van der Waals surface area contributed by atoms with Gasteiger partial charge in [-0.2, -0.15) is 0 Å². The standard InChI is InChI=1S/C15H21NO4/c1-4-11-5-7-12(8-6-11)20-10-13(17)16-15(2,3)9-14(18)19/h5-8H,4,9-10H2,1-3H3,(H,16,17)(H,18,19). The van der Waals surface area contributed by atoms with Crippen LogP contribution in [0.25, 0.3) is 0 Å². The van der Waals surface area contributed by atoms with Crippen LogP contribution in [-0.4, -0.2) is 29.1 Å². The Hall–Kier alpha value is -2.04. The molecule has 5 nitrogen and oxygen atoms in total. The highest BCUT2D eigenvalue weighted by Crippen LogP contribution is 2.13. The van der Waals surface area contributed by atoms with Crippen molar-refractivity contribution in [3.8, 4) is 5.75 Å². The van der Waals surface area contributed by atoms with Gasteiger partial charge in [0.15, 0.2) is 6.61 Å². The minimum absolute atomic E-state index is 0.130. The first-order valence-corrected chi connectivity index (χ1v) is 6.57. The number of hydrogen-bond acceptors (Lipinski definition) is 3. The fourth-order valence-corrected chi connectivity index (χ4v) is 1.81. The third kappa shape index (κ3) is 5.73. The van der Waals surface area contributed by atoms with Gasteiger partial charge in [0.1, 0.15) is 5.75 Å². The molecule has 0 aromatic heterocycles.